The van der Waals surface area contributed by atoms with Crippen molar-refractivity contribution in [1.29, 1.82) is 0 Å². The molecule has 1 atom stereocenters. The lowest BCUT2D eigenvalue weighted by atomic mass is 9.97. The van der Waals surface area contributed by atoms with E-state index in [2.05, 4.69) is 10.5 Å². The van der Waals surface area contributed by atoms with Gasteiger partial charge in [0, 0.05) is 12.0 Å². The molecular formula is C17H18N2O2. The van der Waals surface area contributed by atoms with E-state index in [9.17, 15) is 5.11 Å². The van der Waals surface area contributed by atoms with Gasteiger partial charge in [-0.25, -0.2) is 0 Å². The lowest BCUT2D eigenvalue weighted by Gasteiger charge is -2.12. The van der Waals surface area contributed by atoms with Gasteiger partial charge in [-0.2, -0.15) is 5.10 Å². The van der Waals surface area contributed by atoms with E-state index >= 15 is 0 Å². The van der Waals surface area contributed by atoms with E-state index in [4.69, 9.17) is 4.74 Å². The molecule has 21 heavy (non-hydrogen) atoms. The minimum absolute atomic E-state index is 0.0164. The summed E-state index contributed by atoms with van der Waals surface area (Å²) in [6.45, 7) is 1.96. The maximum Gasteiger partial charge on any atom is 0.121 e. The van der Waals surface area contributed by atoms with Crippen LogP contribution >= 0.6 is 0 Å². The number of hydrogen-bond donors (Lipinski definition) is 2. The van der Waals surface area contributed by atoms with Gasteiger partial charge in [-0.1, -0.05) is 12.1 Å². The summed E-state index contributed by atoms with van der Waals surface area (Å²) >= 11 is 0. The third-order valence-electron chi connectivity index (χ3n) is 3.74. The van der Waals surface area contributed by atoms with Gasteiger partial charge in [0.05, 0.1) is 18.9 Å². The molecule has 4 heteroatoms. The van der Waals surface area contributed by atoms with Gasteiger partial charge in [0.25, 0.3) is 0 Å². The maximum absolute atomic E-state index is 10.1. The largest absolute Gasteiger partial charge is 0.508 e. The van der Waals surface area contributed by atoms with Crippen molar-refractivity contribution in [3.8, 4) is 11.5 Å². The highest BCUT2D eigenvalue weighted by molar-refractivity contribution is 6.01. The number of aromatic hydroxyl groups is 1. The van der Waals surface area contributed by atoms with Crippen LogP contribution in [0.2, 0.25) is 0 Å². The molecule has 1 heterocycles. The number of phenols is 1. The Morgan fingerprint density at radius 1 is 1.19 bits per heavy atom. The van der Waals surface area contributed by atoms with Gasteiger partial charge in [0.15, 0.2) is 0 Å². The molecule has 1 aliphatic rings. The molecule has 2 N–H and O–H groups in total. The molecule has 0 amide bonds. The van der Waals surface area contributed by atoms with E-state index in [0.717, 1.165) is 34.6 Å². The number of nitrogens with zero attached hydrogens (tertiary/aromatic N) is 1. The van der Waals surface area contributed by atoms with Crippen LogP contribution in [0.3, 0.4) is 0 Å². The molecule has 0 spiro atoms. The fraction of sp³-hybridized carbons (Fsp3) is 0.235. The zero-order chi connectivity index (χ0) is 14.8. The average Bonchev–Trinajstić information content (AvgIpc) is 2.97. The standard InChI is InChI=1S/C17H18N2O2/c1-11-3-8-14(17(20)9-11)16-10-15(18-19-16)12-4-6-13(21-2)7-5-12/h3-9,16,19-20H,10H2,1-2H3. The van der Waals surface area contributed by atoms with Crippen molar-refractivity contribution in [3.63, 3.8) is 0 Å². The number of hydrogen-bond acceptors (Lipinski definition) is 4. The van der Waals surface area contributed by atoms with Crippen molar-refractivity contribution in [3.05, 3.63) is 59.2 Å². The van der Waals surface area contributed by atoms with Crippen LogP contribution in [0.1, 0.15) is 29.2 Å². The Morgan fingerprint density at radius 2 is 1.95 bits per heavy atom. The van der Waals surface area contributed by atoms with Gasteiger partial charge < -0.3 is 15.3 Å². The molecule has 4 nitrogen and oxygen atoms in total. The molecule has 0 saturated carbocycles. The van der Waals surface area contributed by atoms with Crippen LogP contribution in [0.5, 0.6) is 11.5 Å². The smallest absolute Gasteiger partial charge is 0.121 e. The van der Waals surface area contributed by atoms with Gasteiger partial charge in [-0.3, -0.25) is 0 Å². The first-order chi connectivity index (χ1) is 10.2. The van der Waals surface area contributed by atoms with E-state index in [1.54, 1.807) is 13.2 Å². The number of nitrogens with one attached hydrogen (secondary N) is 1. The Bertz CT molecular complexity index is 678. The average molecular weight is 282 g/mol. The number of ether oxygens (including phenoxy) is 1. The van der Waals surface area contributed by atoms with Crippen LogP contribution in [0.25, 0.3) is 0 Å². The molecule has 2 aromatic rings. The zero-order valence-corrected chi connectivity index (χ0v) is 12.1. The van der Waals surface area contributed by atoms with E-state index in [1.165, 1.54) is 0 Å². The SMILES string of the molecule is COc1ccc(C2=NNC(c3ccc(C)cc3O)C2)cc1. The van der Waals surface area contributed by atoms with Crippen molar-refractivity contribution in [2.75, 3.05) is 7.11 Å². The normalized spacial score (nSPS) is 17.2. The molecule has 0 bridgehead atoms. The van der Waals surface area contributed by atoms with E-state index < -0.39 is 0 Å². The Kier molecular flexibility index (Phi) is 3.52. The monoisotopic (exact) mass is 282 g/mol. The molecule has 0 aromatic heterocycles. The summed E-state index contributed by atoms with van der Waals surface area (Å²) in [5.41, 5.74) is 7.09. The molecule has 108 valence electrons. The van der Waals surface area contributed by atoms with Crippen LogP contribution in [-0.2, 0) is 0 Å². The Hall–Kier alpha value is -2.49. The number of benzene rings is 2. The van der Waals surface area contributed by atoms with Crippen molar-refractivity contribution in [1.82, 2.24) is 5.43 Å². The minimum Gasteiger partial charge on any atom is -0.508 e. The number of phenolic OH excluding ortho intramolecular Hbond substituents is 1. The molecule has 3 rings (SSSR count). The van der Waals surface area contributed by atoms with E-state index in [1.807, 2.05) is 43.3 Å². The topological polar surface area (TPSA) is 53.8 Å². The van der Waals surface area contributed by atoms with E-state index in [0.29, 0.717) is 5.75 Å². The highest BCUT2D eigenvalue weighted by Gasteiger charge is 2.23. The fourth-order valence-electron chi connectivity index (χ4n) is 2.53. The van der Waals surface area contributed by atoms with Crippen LogP contribution < -0.4 is 10.2 Å². The zero-order valence-electron chi connectivity index (χ0n) is 12.1. The third kappa shape index (κ3) is 2.70. The summed E-state index contributed by atoms with van der Waals surface area (Å²) < 4.78 is 5.16. The summed E-state index contributed by atoms with van der Waals surface area (Å²) in [4.78, 5) is 0. The van der Waals surface area contributed by atoms with Gasteiger partial charge in [-0.15, -0.1) is 0 Å². The number of methoxy groups -OCH3 is 1. The predicted molar refractivity (Wildman–Crippen MR) is 82.9 cm³/mol. The second kappa shape index (κ2) is 5.48. The Labute approximate surface area is 124 Å². The van der Waals surface area contributed by atoms with Crippen molar-refractivity contribution < 1.29 is 9.84 Å². The Morgan fingerprint density at radius 3 is 2.62 bits per heavy atom. The summed E-state index contributed by atoms with van der Waals surface area (Å²) in [5, 5.41) is 14.5. The van der Waals surface area contributed by atoms with Crippen LogP contribution in [0.15, 0.2) is 47.6 Å². The molecular weight excluding hydrogens is 264 g/mol. The highest BCUT2D eigenvalue weighted by atomic mass is 16.5. The molecule has 0 fully saturated rings. The number of aryl methyl sites for hydroxylation is 1. The van der Waals surface area contributed by atoms with Crippen LogP contribution in [0.4, 0.5) is 0 Å². The van der Waals surface area contributed by atoms with Crippen molar-refractivity contribution in [2.45, 2.75) is 19.4 Å². The lowest BCUT2D eigenvalue weighted by Crippen LogP contribution is -2.10. The summed E-state index contributed by atoms with van der Waals surface area (Å²) in [7, 11) is 1.65. The summed E-state index contributed by atoms with van der Waals surface area (Å²) in [5.74, 6) is 1.15. The molecule has 2 aromatic carbocycles. The maximum atomic E-state index is 10.1. The second-order valence-corrected chi connectivity index (χ2v) is 5.24. The van der Waals surface area contributed by atoms with Crippen molar-refractivity contribution in [2.24, 2.45) is 5.10 Å². The lowest BCUT2D eigenvalue weighted by molar-refractivity contribution is 0.415. The van der Waals surface area contributed by atoms with Crippen LogP contribution in [0, 0.1) is 6.92 Å². The summed E-state index contributed by atoms with van der Waals surface area (Å²) in [6, 6.07) is 13.6. The van der Waals surface area contributed by atoms with Crippen LogP contribution in [-0.4, -0.2) is 17.9 Å². The molecule has 0 radical (unpaired) electrons. The van der Waals surface area contributed by atoms with Gasteiger partial charge in [0.1, 0.15) is 11.5 Å². The summed E-state index contributed by atoms with van der Waals surface area (Å²) in [6.07, 6.45) is 0.753. The van der Waals surface area contributed by atoms with Gasteiger partial charge >= 0.3 is 0 Å². The molecule has 0 aliphatic carbocycles. The molecule has 1 unspecified atom stereocenters. The number of rotatable bonds is 3. The first kappa shape index (κ1) is 13.5. The van der Waals surface area contributed by atoms with Gasteiger partial charge in [-0.05, 0) is 48.4 Å². The quantitative estimate of drug-likeness (QED) is 0.909. The first-order valence-electron chi connectivity index (χ1n) is 6.93. The second-order valence-electron chi connectivity index (χ2n) is 5.24. The Balaban J connectivity index is 1.77. The highest BCUT2D eigenvalue weighted by Crippen LogP contribution is 2.31. The number of hydrazone groups is 1. The minimum atomic E-state index is 0.0164. The van der Waals surface area contributed by atoms with Gasteiger partial charge in [0.2, 0.25) is 0 Å². The third-order valence-corrected chi connectivity index (χ3v) is 3.74. The van der Waals surface area contributed by atoms with Crippen molar-refractivity contribution >= 4 is 5.71 Å². The first-order valence-corrected chi connectivity index (χ1v) is 6.93. The fourth-order valence-corrected chi connectivity index (χ4v) is 2.53. The van der Waals surface area contributed by atoms with E-state index in [-0.39, 0.29) is 6.04 Å². The molecule has 1 aliphatic heterocycles. The predicted octanol–water partition coefficient (Wildman–Crippen LogP) is 3.15. The molecule has 0 saturated heterocycles.